The number of hydrogen-bond donors (Lipinski definition) is 0. The molecule has 0 aromatic heterocycles. The van der Waals surface area contributed by atoms with Crippen LogP contribution < -0.4 is 0 Å². The van der Waals surface area contributed by atoms with E-state index in [1.165, 1.54) is 11.1 Å². The highest BCUT2D eigenvalue weighted by Crippen LogP contribution is 2.36. The van der Waals surface area contributed by atoms with Gasteiger partial charge in [-0.05, 0) is 31.2 Å². The number of aldehydes is 1. The Bertz CT molecular complexity index is 364. The lowest BCUT2D eigenvalue weighted by molar-refractivity contribution is -0.111. The van der Waals surface area contributed by atoms with Crippen LogP contribution in [0.4, 0.5) is 0 Å². The van der Waals surface area contributed by atoms with Crippen LogP contribution in [0.3, 0.4) is 0 Å². The molecular weight excluding hydrogens is 184 g/mol. The minimum atomic E-state index is 0.163. The van der Waals surface area contributed by atoms with Gasteiger partial charge in [-0.15, -0.1) is 0 Å². The van der Waals surface area contributed by atoms with Gasteiger partial charge in [0.2, 0.25) is 0 Å². The predicted octanol–water partition coefficient (Wildman–Crippen LogP) is 3.33. The Balaban J connectivity index is 2.27. The third-order valence-corrected chi connectivity index (χ3v) is 3.20. The van der Waals surface area contributed by atoms with Crippen LogP contribution >= 0.6 is 0 Å². The number of carbonyl (C=O) groups is 1. The van der Waals surface area contributed by atoms with Gasteiger partial charge in [-0.25, -0.2) is 0 Å². The predicted molar refractivity (Wildman–Crippen MR) is 61.7 cm³/mol. The maximum absolute atomic E-state index is 11.0. The monoisotopic (exact) mass is 200 g/mol. The molecule has 0 radical (unpaired) electrons. The second kappa shape index (κ2) is 4.43. The average molecular weight is 200 g/mol. The van der Waals surface area contributed by atoms with Crippen LogP contribution in [0.15, 0.2) is 42.0 Å². The highest BCUT2D eigenvalue weighted by molar-refractivity contribution is 5.57. The van der Waals surface area contributed by atoms with Gasteiger partial charge in [-0.2, -0.15) is 0 Å². The SMILES string of the molecule is CC1=CC[C@@H](C=O)[C@H](c2ccccc2)C1. The number of hydrogen-bond acceptors (Lipinski definition) is 1. The topological polar surface area (TPSA) is 17.1 Å². The molecule has 78 valence electrons. The van der Waals surface area contributed by atoms with Crippen molar-refractivity contribution in [2.75, 3.05) is 0 Å². The summed E-state index contributed by atoms with van der Waals surface area (Å²) in [6, 6.07) is 10.4. The fourth-order valence-electron chi connectivity index (χ4n) is 2.30. The van der Waals surface area contributed by atoms with Crippen LogP contribution in [0.5, 0.6) is 0 Å². The van der Waals surface area contributed by atoms with Crippen LogP contribution in [0.25, 0.3) is 0 Å². The average Bonchev–Trinajstić information content (AvgIpc) is 2.30. The normalized spacial score (nSPS) is 25.8. The van der Waals surface area contributed by atoms with E-state index in [2.05, 4.69) is 25.1 Å². The summed E-state index contributed by atoms with van der Waals surface area (Å²) in [7, 11) is 0. The van der Waals surface area contributed by atoms with Crippen molar-refractivity contribution in [2.24, 2.45) is 5.92 Å². The van der Waals surface area contributed by atoms with E-state index in [-0.39, 0.29) is 5.92 Å². The summed E-state index contributed by atoms with van der Waals surface area (Å²) in [5, 5.41) is 0. The zero-order valence-electron chi connectivity index (χ0n) is 9.02. The number of allylic oxidation sites excluding steroid dienone is 2. The fourth-order valence-corrected chi connectivity index (χ4v) is 2.30. The lowest BCUT2D eigenvalue weighted by Crippen LogP contribution is -2.17. The zero-order valence-corrected chi connectivity index (χ0v) is 9.02. The van der Waals surface area contributed by atoms with Crippen molar-refractivity contribution in [3.05, 3.63) is 47.5 Å². The Labute approximate surface area is 90.8 Å². The van der Waals surface area contributed by atoms with Crippen molar-refractivity contribution in [3.63, 3.8) is 0 Å². The molecule has 1 nitrogen and oxygen atoms in total. The van der Waals surface area contributed by atoms with Gasteiger partial charge in [0, 0.05) is 5.92 Å². The molecule has 1 aromatic carbocycles. The van der Waals surface area contributed by atoms with E-state index in [0.717, 1.165) is 19.1 Å². The largest absolute Gasteiger partial charge is 0.303 e. The first-order valence-electron chi connectivity index (χ1n) is 5.47. The molecule has 0 spiro atoms. The smallest absolute Gasteiger partial charge is 0.124 e. The Hall–Kier alpha value is -1.37. The summed E-state index contributed by atoms with van der Waals surface area (Å²) < 4.78 is 0. The molecule has 0 unspecified atom stereocenters. The van der Waals surface area contributed by atoms with Gasteiger partial charge in [-0.1, -0.05) is 42.0 Å². The maximum atomic E-state index is 11.0. The summed E-state index contributed by atoms with van der Waals surface area (Å²) in [6.07, 6.45) is 5.22. The second-order valence-corrected chi connectivity index (χ2v) is 4.31. The summed E-state index contributed by atoms with van der Waals surface area (Å²) in [5.41, 5.74) is 2.70. The Morgan fingerprint density at radius 3 is 2.67 bits per heavy atom. The molecule has 2 atom stereocenters. The molecule has 1 aromatic rings. The van der Waals surface area contributed by atoms with Gasteiger partial charge >= 0.3 is 0 Å². The minimum absolute atomic E-state index is 0.163. The van der Waals surface area contributed by atoms with Crippen LogP contribution in [-0.4, -0.2) is 6.29 Å². The first-order valence-corrected chi connectivity index (χ1v) is 5.47. The highest BCUT2D eigenvalue weighted by atomic mass is 16.1. The van der Waals surface area contributed by atoms with E-state index < -0.39 is 0 Å². The molecular formula is C14H16O. The van der Waals surface area contributed by atoms with E-state index >= 15 is 0 Å². The summed E-state index contributed by atoms with van der Waals surface area (Å²) in [5.74, 6) is 0.546. The van der Waals surface area contributed by atoms with E-state index in [1.54, 1.807) is 0 Å². The van der Waals surface area contributed by atoms with Gasteiger partial charge in [0.25, 0.3) is 0 Å². The Morgan fingerprint density at radius 2 is 2.00 bits per heavy atom. The van der Waals surface area contributed by atoms with Gasteiger partial charge < -0.3 is 4.79 Å². The van der Waals surface area contributed by atoms with Crippen LogP contribution in [0.1, 0.15) is 31.2 Å². The third-order valence-electron chi connectivity index (χ3n) is 3.20. The van der Waals surface area contributed by atoms with Crippen molar-refractivity contribution in [2.45, 2.75) is 25.7 Å². The van der Waals surface area contributed by atoms with Crippen LogP contribution in [-0.2, 0) is 4.79 Å². The number of carbonyl (C=O) groups excluding carboxylic acids is 1. The first-order chi connectivity index (χ1) is 7.31. The van der Waals surface area contributed by atoms with E-state index in [9.17, 15) is 4.79 Å². The van der Waals surface area contributed by atoms with E-state index in [0.29, 0.717) is 5.92 Å². The molecule has 1 aliphatic carbocycles. The van der Waals surface area contributed by atoms with Crippen LogP contribution in [0.2, 0.25) is 0 Å². The first kappa shape index (κ1) is 10.2. The molecule has 0 saturated carbocycles. The van der Waals surface area contributed by atoms with Crippen molar-refractivity contribution >= 4 is 6.29 Å². The quantitative estimate of drug-likeness (QED) is 0.528. The molecule has 15 heavy (non-hydrogen) atoms. The molecule has 1 aliphatic rings. The molecule has 0 N–H and O–H groups in total. The highest BCUT2D eigenvalue weighted by Gasteiger charge is 2.25. The number of rotatable bonds is 2. The standard InChI is InChI=1S/C14H16O/c1-11-7-8-13(10-15)14(9-11)12-5-3-2-4-6-12/h2-7,10,13-14H,8-9H2,1H3/t13-,14-/m0/s1. The molecule has 0 aliphatic heterocycles. The van der Waals surface area contributed by atoms with Crippen molar-refractivity contribution in [1.82, 2.24) is 0 Å². The maximum Gasteiger partial charge on any atom is 0.124 e. The third kappa shape index (κ3) is 2.17. The van der Waals surface area contributed by atoms with Gasteiger partial charge in [-0.3, -0.25) is 0 Å². The molecule has 0 fully saturated rings. The Kier molecular flexibility index (Phi) is 3.00. The van der Waals surface area contributed by atoms with Crippen molar-refractivity contribution in [1.29, 1.82) is 0 Å². The van der Waals surface area contributed by atoms with Gasteiger partial charge in [0.15, 0.2) is 0 Å². The van der Waals surface area contributed by atoms with Crippen molar-refractivity contribution in [3.8, 4) is 0 Å². The van der Waals surface area contributed by atoms with E-state index in [1.807, 2.05) is 18.2 Å². The lowest BCUT2D eigenvalue weighted by Gasteiger charge is -2.27. The molecule has 1 heteroatoms. The van der Waals surface area contributed by atoms with E-state index in [4.69, 9.17) is 0 Å². The summed E-state index contributed by atoms with van der Waals surface area (Å²) in [4.78, 5) is 11.0. The molecule has 0 saturated heterocycles. The molecule has 0 heterocycles. The lowest BCUT2D eigenvalue weighted by atomic mass is 9.77. The molecule has 0 bridgehead atoms. The zero-order chi connectivity index (χ0) is 10.7. The van der Waals surface area contributed by atoms with Gasteiger partial charge in [0.05, 0.1) is 0 Å². The molecule has 2 rings (SSSR count). The fraction of sp³-hybridized carbons (Fsp3) is 0.357. The minimum Gasteiger partial charge on any atom is -0.303 e. The Morgan fingerprint density at radius 1 is 1.27 bits per heavy atom. The molecule has 0 amide bonds. The van der Waals surface area contributed by atoms with Crippen LogP contribution in [0, 0.1) is 5.92 Å². The summed E-state index contributed by atoms with van der Waals surface area (Å²) >= 11 is 0. The van der Waals surface area contributed by atoms with Crippen molar-refractivity contribution < 1.29 is 4.79 Å². The number of benzene rings is 1. The second-order valence-electron chi connectivity index (χ2n) is 4.31. The summed E-state index contributed by atoms with van der Waals surface area (Å²) in [6.45, 7) is 2.15. The van der Waals surface area contributed by atoms with Gasteiger partial charge in [0.1, 0.15) is 6.29 Å².